The molecule has 5 heavy (non-hydrogen) atoms. The van der Waals surface area contributed by atoms with Crippen molar-refractivity contribution in [2.45, 2.75) is 0 Å². The van der Waals surface area contributed by atoms with E-state index in [0.29, 0.717) is 0 Å². The highest BCUT2D eigenvalue weighted by molar-refractivity contribution is 14.1. The molecule has 0 nitrogen and oxygen atoms in total. The van der Waals surface area contributed by atoms with Crippen LogP contribution >= 0.6 is 44.2 Å². The van der Waals surface area contributed by atoms with Gasteiger partial charge in [0.15, 0.2) is 0 Å². The lowest BCUT2D eigenvalue weighted by atomic mass is 12.0. The predicted molar refractivity (Wildman–Crippen MR) is 40.0 cm³/mol. The van der Waals surface area contributed by atoms with Gasteiger partial charge in [0, 0.05) is 0 Å². The van der Waals surface area contributed by atoms with E-state index in [4.69, 9.17) is 0 Å². The molecular weight excluding hydrogens is 215 g/mol. The molecule has 0 aromatic heterocycles. The van der Waals surface area contributed by atoms with Crippen molar-refractivity contribution in [2.24, 2.45) is 0 Å². The molecule has 0 aliphatic heterocycles. The third-order valence-electron chi connectivity index (χ3n) is 0.162. The summed E-state index contributed by atoms with van der Waals surface area (Å²) < 4.78 is 1.19. The highest BCUT2D eigenvalue weighted by Gasteiger charge is 1.69. The Hall–Kier alpha value is 1.43. The maximum absolute atomic E-state index is 2.33. The van der Waals surface area contributed by atoms with E-state index in [9.17, 15) is 0 Å². The summed E-state index contributed by atoms with van der Waals surface area (Å²) in [6.45, 7) is 0. The first-order valence-electron chi connectivity index (χ1n) is 1.13. The van der Waals surface area contributed by atoms with Gasteiger partial charge < -0.3 is 0 Å². The Morgan fingerprint density at radius 2 is 2.40 bits per heavy atom. The Morgan fingerprint density at radius 1 is 1.80 bits per heavy atom. The average molecular weight is 220 g/mol. The Kier molecular flexibility index (Phi) is 6.98. The van der Waals surface area contributed by atoms with Crippen LogP contribution < -0.4 is 0 Å². The summed E-state index contributed by atoms with van der Waals surface area (Å²) >= 11 is 2.33. The van der Waals surface area contributed by atoms with Crippen molar-refractivity contribution in [3.63, 3.8) is 0 Å². The van der Waals surface area contributed by atoms with Gasteiger partial charge in [0.05, 0.1) is 3.76 Å². The van der Waals surface area contributed by atoms with Crippen LogP contribution in [-0.4, -0.2) is 10.0 Å². The summed E-state index contributed by atoms with van der Waals surface area (Å²) in [5.74, 6) is 0. The van der Waals surface area contributed by atoms with E-state index in [1.54, 1.807) is 0 Å². The van der Waals surface area contributed by atoms with Gasteiger partial charge in [0.1, 0.15) is 0 Å². The second kappa shape index (κ2) is 5.43. The van der Waals surface area contributed by atoms with Crippen LogP contribution in [0.2, 0.25) is 0 Å². The lowest BCUT2D eigenvalue weighted by Crippen LogP contribution is -1.42. The van der Waals surface area contributed by atoms with Gasteiger partial charge >= 0.3 is 0 Å². The molecule has 0 saturated carbocycles. The molecule has 0 atom stereocenters. The fourth-order valence-electron chi connectivity index (χ4n) is 0.0445. The summed E-state index contributed by atoms with van der Waals surface area (Å²) in [4.78, 5) is 0. The van der Waals surface area contributed by atoms with Crippen molar-refractivity contribution in [1.82, 2.24) is 0 Å². The maximum atomic E-state index is 2.33. The highest BCUT2D eigenvalue weighted by atomic mass is 127. The standard InChI is InChI=1S/C2H5IS2/c1-4-5-2-3/h2H2,1H3. The fourth-order valence-corrected chi connectivity index (χ4v) is 2.69. The van der Waals surface area contributed by atoms with Crippen molar-refractivity contribution < 1.29 is 0 Å². The molecule has 0 aliphatic rings. The minimum Gasteiger partial charge on any atom is -0.0968 e. The summed E-state index contributed by atoms with van der Waals surface area (Å²) in [6, 6.07) is 0. The van der Waals surface area contributed by atoms with Crippen LogP contribution in [0.15, 0.2) is 0 Å². The van der Waals surface area contributed by atoms with E-state index in [0.717, 1.165) is 0 Å². The van der Waals surface area contributed by atoms with E-state index in [1.165, 1.54) is 3.76 Å². The lowest BCUT2D eigenvalue weighted by Gasteiger charge is -1.78. The third-order valence-corrected chi connectivity index (χ3v) is 3.75. The van der Waals surface area contributed by atoms with E-state index in [1.807, 2.05) is 21.6 Å². The Balaban J connectivity index is 2.19. The summed E-state index contributed by atoms with van der Waals surface area (Å²) in [6.07, 6.45) is 2.09. The molecule has 0 fully saturated rings. The van der Waals surface area contributed by atoms with Gasteiger partial charge in [0.25, 0.3) is 0 Å². The number of hydrogen-bond acceptors (Lipinski definition) is 2. The van der Waals surface area contributed by atoms with Crippen LogP contribution in [0, 0.1) is 0 Å². The van der Waals surface area contributed by atoms with Crippen LogP contribution in [0.5, 0.6) is 0 Å². The van der Waals surface area contributed by atoms with E-state index < -0.39 is 0 Å². The third kappa shape index (κ3) is 5.43. The maximum Gasteiger partial charge on any atom is 0.0558 e. The van der Waals surface area contributed by atoms with E-state index in [2.05, 4.69) is 28.8 Å². The molecular formula is C2H5IS2. The smallest absolute Gasteiger partial charge is 0.0558 e. The fraction of sp³-hybridized carbons (Fsp3) is 1.00. The predicted octanol–water partition coefficient (Wildman–Crippen LogP) is 2.39. The van der Waals surface area contributed by atoms with Gasteiger partial charge in [-0.1, -0.05) is 44.2 Å². The zero-order valence-electron chi connectivity index (χ0n) is 2.90. The van der Waals surface area contributed by atoms with Gasteiger partial charge in [-0.15, -0.1) is 0 Å². The monoisotopic (exact) mass is 220 g/mol. The molecule has 0 aromatic rings. The van der Waals surface area contributed by atoms with E-state index in [-0.39, 0.29) is 0 Å². The Labute approximate surface area is 54.0 Å². The Morgan fingerprint density at radius 3 is 2.40 bits per heavy atom. The van der Waals surface area contributed by atoms with Gasteiger partial charge in [-0.05, 0) is 6.26 Å². The molecule has 0 aromatic carbocycles. The summed E-state index contributed by atoms with van der Waals surface area (Å²) in [5, 5.41) is 0. The van der Waals surface area contributed by atoms with Crippen molar-refractivity contribution in [3.8, 4) is 0 Å². The molecule has 0 unspecified atom stereocenters. The first-order valence-corrected chi connectivity index (χ1v) is 5.38. The normalized spacial score (nSPS) is 8.40. The topological polar surface area (TPSA) is 0 Å². The first-order chi connectivity index (χ1) is 2.41. The molecule has 0 saturated heterocycles. The molecule has 0 N–H and O–H groups in total. The van der Waals surface area contributed by atoms with Crippen LogP contribution in [0.3, 0.4) is 0 Å². The number of rotatable bonds is 2. The number of alkyl halides is 1. The average Bonchev–Trinajstić information content (AvgIpc) is 1.41. The molecule has 0 spiro atoms. The van der Waals surface area contributed by atoms with Gasteiger partial charge in [-0.2, -0.15) is 0 Å². The number of hydrogen-bond donors (Lipinski definition) is 0. The lowest BCUT2D eigenvalue weighted by molar-refractivity contribution is 2.45. The quantitative estimate of drug-likeness (QED) is 0.398. The minimum atomic E-state index is 1.19. The largest absolute Gasteiger partial charge is 0.0968 e. The van der Waals surface area contributed by atoms with Crippen LogP contribution in [0.25, 0.3) is 0 Å². The molecule has 0 rings (SSSR count). The first kappa shape index (κ1) is 6.43. The molecule has 0 bridgehead atoms. The molecule has 0 aliphatic carbocycles. The van der Waals surface area contributed by atoms with Crippen LogP contribution in [0.1, 0.15) is 0 Å². The zero-order chi connectivity index (χ0) is 4.12. The van der Waals surface area contributed by atoms with Gasteiger partial charge in [0.2, 0.25) is 0 Å². The zero-order valence-corrected chi connectivity index (χ0v) is 6.69. The second-order valence-corrected chi connectivity index (χ2v) is 4.76. The van der Waals surface area contributed by atoms with Crippen LogP contribution in [-0.2, 0) is 0 Å². The Bertz CT molecular complexity index is 15.1. The van der Waals surface area contributed by atoms with Crippen molar-refractivity contribution in [1.29, 1.82) is 0 Å². The molecule has 3 heteroatoms. The molecule has 32 valence electrons. The molecule has 0 heterocycles. The molecule has 0 radical (unpaired) electrons. The summed E-state index contributed by atoms with van der Waals surface area (Å²) in [5.41, 5.74) is 0. The van der Waals surface area contributed by atoms with Crippen LogP contribution in [0.4, 0.5) is 0 Å². The highest BCUT2D eigenvalue weighted by Crippen LogP contribution is 2.18. The minimum absolute atomic E-state index is 1.19. The van der Waals surface area contributed by atoms with Crippen molar-refractivity contribution >= 4 is 44.2 Å². The van der Waals surface area contributed by atoms with Gasteiger partial charge in [-0.3, -0.25) is 0 Å². The van der Waals surface area contributed by atoms with Gasteiger partial charge in [-0.25, -0.2) is 0 Å². The SMILES string of the molecule is CSSCI. The summed E-state index contributed by atoms with van der Waals surface area (Å²) in [7, 11) is 3.68. The van der Waals surface area contributed by atoms with Crippen molar-refractivity contribution in [3.05, 3.63) is 0 Å². The van der Waals surface area contributed by atoms with E-state index >= 15 is 0 Å². The molecule has 0 amide bonds. The second-order valence-electron chi connectivity index (χ2n) is 0.394. The number of halogens is 1. The van der Waals surface area contributed by atoms with Crippen molar-refractivity contribution in [2.75, 3.05) is 10.0 Å².